The molecule has 0 amide bonds. The topological polar surface area (TPSA) is 24.5 Å². The Morgan fingerprint density at radius 2 is 2.15 bits per heavy atom. The molecular weight excluding hydrogens is 248 g/mol. The summed E-state index contributed by atoms with van der Waals surface area (Å²) in [4.78, 5) is 2.15. The van der Waals surface area contributed by atoms with Crippen LogP contribution < -0.4 is 10.2 Å². The monoisotopic (exact) mass is 274 g/mol. The Balaban J connectivity index is 1.68. The third-order valence-electron chi connectivity index (χ3n) is 5.14. The van der Waals surface area contributed by atoms with Gasteiger partial charge in [0.05, 0.1) is 6.10 Å². The molecular formula is C17H26N2O. The van der Waals surface area contributed by atoms with Crippen molar-refractivity contribution in [2.24, 2.45) is 5.41 Å². The second-order valence-electron chi connectivity index (χ2n) is 6.41. The fraction of sp³-hybridized carbons (Fsp3) is 0.647. The molecule has 0 heterocycles. The average molecular weight is 274 g/mol. The number of ether oxygens (including phenoxy) is 1. The maximum Gasteiger partial charge on any atom is 0.0670 e. The molecule has 2 aliphatic rings. The Hall–Kier alpha value is -1.22. The quantitative estimate of drug-likeness (QED) is 0.889. The summed E-state index contributed by atoms with van der Waals surface area (Å²) in [5.41, 5.74) is 2.91. The Morgan fingerprint density at radius 1 is 1.35 bits per heavy atom. The fourth-order valence-corrected chi connectivity index (χ4v) is 3.72. The highest BCUT2D eigenvalue weighted by Gasteiger charge is 2.58. The summed E-state index contributed by atoms with van der Waals surface area (Å²) in [6.07, 6.45) is 5.64. The number of nitrogens with zero attached hydrogens (tertiary/aromatic N) is 1. The third-order valence-corrected chi connectivity index (χ3v) is 5.14. The van der Waals surface area contributed by atoms with Gasteiger partial charge in [-0.25, -0.2) is 0 Å². The predicted molar refractivity (Wildman–Crippen MR) is 84.5 cm³/mol. The van der Waals surface area contributed by atoms with Gasteiger partial charge >= 0.3 is 0 Å². The minimum absolute atomic E-state index is 0.421. The summed E-state index contributed by atoms with van der Waals surface area (Å²) >= 11 is 0. The van der Waals surface area contributed by atoms with E-state index in [1.807, 2.05) is 0 Å². The van der Waals surface area contributed by atoms with Crippen LogP contribution in [-0.2, 0) is 4.74 Å². The summed E-state index contributed by atoms with van der Waals surface area (Å²) in [6.45, 7) is 2.95. The van der Waals surface area contributed by atoms with Crippen LogP contribution in [0.1, 0.15) is 32.6 Å². The molecule has 2 atom stereocenters. The zero-order valence-electron chi connectivity index (χ0n) is 12.9. The average Bonchev–Trinajstić information content (AvgIpc) is 2.35. The Labute approximate surface area is 122 Å². The molecule has 0 aromatic heterocycles. The first kappa shape index (κ1) is 13.7. The molecule has 1 spiro atoms. The molecule has 2 saturated carbocycles. The van der Waals surface area contributed by atoms with Crippen LogP contribution in [-0.4, -0.2) is 32.8 Å². The van der Waals surface area contributed by atoms with E-state index in [-0.39, 0.29) is 0 Å². The van der Waals surface area contributed by atoms with Gasteiger partial charge in [0.2, 0.25) is 0 Å². The molecule has 0 aliphatic heterocycles. The van der Waals surface area contributed by atoms with Crippen LogP contribution in [0.15, 0.2) is 24.3 Å². The van der Waals surface area contributed by atoms with Crippen molar-refractivity contribution in [1.82, 2.24) is 0 Å². The van der Waals surface area contributed by atoms with Crippen molar-refractivity contribution in [2.45, 2.75) is 44.8 Å². The summed E-state index contributed by atoms with van der Waals surface area (Å²) < 4.78 is 5.92. The molecule has 1 aromatic carbocycles. The zero-order valence-corrected chi connectivity index (χ0v) is 12.9. The lowest BCUT2D eigenvalue weighted by atomic mass is 9.51. The zero-order chi connectivity index (χ0) is 14.2. The molecule has 110 valence electrons. The highest BCUT2D eigenvalue weighted by molar-refractivity contribution is 5.58. The first-order valence-corrected chi connectivity index (χ1v) is 7.81. The van der Waals surface area contributed by atoms with Gasteiger partial charge in [-0.1, -0.05) is 12.5 Å². The van der Waals surface area contributed by atoms with Crippen LogP contribution in [0.5, 0.6) is 0 Å². The maximum absolute atomic E-state index is 5.92. The van der Waals surface area contributed by atoms with Gasteiger partial charge in [0, 0.05) is 43.5 Å². The van der Waals surface area contributed by atoms with Crippen LogP contribution in [0.4, 0.5) is 11.4 Å². The molecule has 3 heteroatoms. The van der Waals surface area contributed by atoms with Gasteiger partial charge in [0.25, 0.3) is 0 Å². The van der Waals surface area contributed by atoms with Gasteiger partial charge in [-0.05, 0) is 44.4 Å². The lowest BCUT2D eigenvalue weighted by Crippen LogP contribution is -2.64. The lowest BCUT2D eigenvalue weighted by Gasteiger charge is -2.61. The SMILES string of the molecule is CCOC1CC(Nc2cccc(N(C)C)c2)C12CCC2. The van der Waals surface area contributed by atoms with Crippen molar-refractivity contribution in [1.29, 1.82) is 0 Å². The lowest BCUT2D eigenvalue weighted by molar-refractivity contribution is -0.157. The van der Waals surface area contributed by atoms with Gasteiger partial charge in [0.1, 0.15) is 0 Å². The van der Waals surface area contributed by atoms with Crippen molar-refractivity contribution in [3.8, 4) is 0 Å². The number of hydrogen-bond acceptors (Lipinski definition) is 3. The van der Waals surface area contributed by atoms with E-state index in [9.17, 15) is 0 Å². The van der Waals surface area contributed by atoms with E-state index in [4.69, 9.17) is 4.74 Å². The van der Waals surface area contributed by atoms with E-state index in [1.165, 1.54) is 30.6 Å². The molecule has 0 bridgehead atoms. The van der Waals surface area contributed by atoms with E-state index < -0.39 is 0 Å². The molecule has 2 unspecified atom stereocenters. The second kappa shape index (κ2) is 5.28. The summed E-state index contributed by atoms with van der Waals surface area (Å²) in [6, 6.07) is 9.27. The van der Waals surface area contributed by atoms with E-state index >= 15 is 0 Å². The van der Waals surface area contributed by atoms with Crippen molar-refractivity contribution in [2.75, 3.05) is 30.9 Å². The molecule has 2 fully saturated rings. The molecule has 3 nitrogen and oxygen atoms in total. The second-order valence-corrected chi connectivity index (χ2v) is 6.41. The minimum atomic E-state index is 0.421. The Kier molecular flexibility index (Phi) is 3.63. The minimum Gasteiger partial charge on any atom is -0.381 e. The molecule has 2 aliphatic carbocycles. The largest absolute Gasteiger partial charge is 0.381 e. The summed E-state index contributed by atoms with van der Waals surface area (Å²) in [7, 11) is 4.17. The van der Waals surface area contributed by atoms with E-state index in [0.717, 1.165) is 13.0 Å². The number of benzene rings is 1. The van der Waals surface area contributed by atoms with Crippen LogP contribution in [0.25, 0.3) is 0 Å². The van der Waals surface area contributed by atoms with Crippen molar-refractivity contribution >= 4 is 11.4 Å². The first-order chi connectivity index (χ1) is 9.65. The fourth-order valence-electron chi connectivity index (χ4n) is 3.72. The highest BCUT2D eigenvalue weighted by atomic mass is 16.5. The smallest absolute Gasteiger partial charge is 0.0670 e. The molecule has 1 N–H and O–H groups in total. The maximum atomic E-state index is 5.92. The number of rotatable bonds is 5. The summed E-state index contributed by atoms with van der Waals surface area (Å²) in [5.74, 6) is 0. The third kappa shape index (κ3) is 2.18. The van der Waals surface area contributed by atoms with E-state index in [0.29, 0.717) is 17.6 Å². The molecule has 20 heavy (non-hydrogen) atoms. The highest BCUT2D eigenvalue weighted by Crippen LogP contribution is 2.58. The molecule has 0 radical (unpaired) electrons. The normalized spacial score (nSPS) is 26.8. The van der Waals surface area contributed by atoms with E-state index in [2.05, 4.69) is 55.5 Å². The standard InChI is InChI=1S/C17H26N2O/c1-4-20-16-12-15(17(16)9-6-10-17)18-13-7-5-8-14(11-13)19(2)3/h5,7-8,11,15-16,18H,4,6,9-10,12H2,1-3H3. The van der Waals surface area contributed by atoms with Crippen LogP contribution in [0, 0.1) is 5.41 Å². The van der Waals surface area contributed by atoms with Gasteiger partial charge in [-0.2, -0.15) is 0 Å². The Morgan fingerprint density at radius 3 is 2.75 bits per heavy atom. The predicted octanol–water partition coefficient (Wildman–Crippen LogP) is 3.51. The Bertz CT molecular complexity index is 468. The molecule has 1 aromatic rings. The van der Waals surface area contributed by atoms with Crippen LogP contribution in [0.2, 0.25) is 0 Å². The van der Waals surface area contributed by atoms with Crippen LogP contribution >= 0.6 is 0 Å². The van der Waals surface area contributed by atoms with Crippen molar-refractivity contribution in [3.63, 3.8) is 0 Å². The number of hydrogen-bond donors (Lipinski definition) is 1. The van der Waals surface area contributed by atoms with Gasteiger partial charge in [-0.15, -0.1) is 0 Å². The van der Waals surface area contributed by atoms with Crippen molar-refractivity contribution < 1.29 is 4.74 Å². The number of anilines is 2. The van der Waals surface area contributed by atoms with Gasteiger partial charge in [0.15, 0.2) is 0 Å². The molecule has 3 rings (SSSR count). The van der Waals surface area contributed by atoms with Gasteiger partial charge < -0.3 is 15.0 Å². The van der Waals surface area contributed by atoms with Crippen LogP contribution in [0.3, 0.4) is 0 Å². The van der Waals surface area contributed by atoms with Crippen molar-refractivity contribution in [3.05, 3.63) is 24.3 Å². The van der Waals surface area contributed by atoms with E-state index in [1.54, 1.807) is 0 Å². The summed E-state index contributed by atoms with van der Waals surface area (Å²) in [5, 5.41) is 3.75. The first-order valence-electron chi connectivity index (χ1n) is 7.81. The molecule has 0 saturated heterocycles. The van der Waals surface area contributed by atoms with Gasteiger partial charge in [-0.3, -0.25) is 0 Å². The number of nitrogens with one attached hydrogen (secondary N) is 1.